The van der Waals surface area contributed by atoms with E-state index < -0.39 is 0 Å². The van der Waals surface area contributed by atoms with Crippen LogP contribution in [0, 0.1) is 11.8 Å². The Morgan fingerprint density at radius 3 is 2.95 bits per heavy atom. The Balaban J connectivity index is 2.02. The molecule has 1 aromatic rings. The maximum Gasteiger partial charge on any atom is 0.123 e. The molecular weight excluding hydrogens is 258 g/mol. The van der Waals surface area contributed by atoms with Gasteiger partial charge in [-0.2, -0.15) is 0 Å². The number of carbonyl (C=O) groups is 1. The smallest absolute Gasteiger partial charge is 0.123 e. The highest BCUT2D eigenvalue weighted by Gasteiger charge is 2.46. The summed E-state index contributed by atoms with van der Waals surface area (Å²) in [5.74, 6) is 0.756. The average Bonchev–Trinajstić information content (AvgIpc) is 2.45. The fourth-order valence-electron chi connectivity index (χ4n) is 4.56. The number of aryl methyl sites for hydroxylation is 1. The molecule has 0 spiro atoms. The third kappa shape index (κ3) is 2.41. The summed E-state index contributed by atoms with van der Waals surface area (Å²) in [4.78, 5) is 11.5. The van der Waals surface area contributed by atoms with Gasteiger partial charge in [-0.3, -0.25) is 0 Å². The van der Waals surface area contributed by atoms with E-state index in [1.165, 1.54) is 23.8 Å². The predicted molar refractivity (Wildman–Crippen MR) is 87.4 cm³/mol. The van der Waals surface area contributed by atoms with E-state index in [0.29, 0.717) is 5.92 Å². The summed E-state index contributed by atoms with van der Waals surface area (Å²) in [6.07, 6.45) is 6.90. The molecule has 1 fully saturated rings. The fourth-order valence-corrected chi connectivity index (χ4v) is 4.56. The average molecular weight is 283 g/mol. The van der Waals surface area contributed by atoms with Gasteiger partial charge in [-0.1, -0.05) is 26.0 Å². The Kier molecular flexibility index (Phi) is 3.64. The van der Waals surface area contributed by atoms with E-state index in [0.717, 1.165) is 37.1 Å². The number of hydrogen-bond donors (Lipinski definition) is 1. The maximum absolute atomic E-state index is 11.5. The number of aldehydes is 1. The van der Waals surface area contributed by atoms with Crippen molar-refractivity contribution in [3.63, 3.8) is 0 Å². The molecule has 3 unspecified atom stereocenters. The van der Waals surface area contributed by atoms with Gasteiger partial charge in [0, 0.05) is 17.3 Å². The van der Waals surface area contributed by atoms with Gasteiger partial charge in [0.25, 0.3) is 0 Å². The van der Waals surface area contributed by atoms with Crippen molar-refractivity contribution in [1.29, 1.82) is 0 Å². The normalized spacial score (nSPS) is 31.0. The zero-order valence-corrected chi connectivity index (χ0v) is 13.1. The SMILES string of the molecule is C=C(C)Nc1ccc2c(c1)C1(C)CCCC(C=O)C1CC2. The minimum atomic E-state index is 0.157. The Hall–Kier alpha value is -1.57. The zero-order chi connectivity index (χ0) is 15.0. The molecule has 0 bridgehead atoms. The summed E-state index contributed by atoms with van der Waals surface area (Å²) in [6.45, 7) is 8.28. The molecular formula is C19H25NO. The van der Waals surface area contributed by atoms with Crippen LogP contribution in [0.3, 0.4) is 0 Å². The lowest BCUT2D eigenvalue weighted by Gasteiger charge is -2.49. The number of nitrogens with one attached hydrogen (secondary N) is 1. The van der Waals surface area contributed by atoms with E-state index in [1.807, 2.05) is 6.92 Å². The largest absolute Gasteiger partial charge is 0.360 e. The van der Waals surface area contributed by atoms with Crippen LogP contribution in [-0.4, -0.2) is 6.29 Å². The summed E-state index contributed by atoms with van der Waals surface area (Å²) in [5.41, 5.74) is 5.16. The third-order valence-corrected chi connectivity index (χ3v) is 5.55. The standard InChI is InChI=1S/C19H25NO/c1-13(2)20-16-8-6-14-7-9-17-15(12-21)5-4-10-19(17,3)18(14)11-16/h6,8,11-12,15,17,20H,1,4-5,7,9-10H2,2-3H3. The molecule has 0 aliphatic heterocycles. The number of benzene rings is 1. The quantitative estimate of drug-likeness (QED) is 0.830. The van der Waals surface area contributed by atoms with Gasteiger partial charge in [0.2, 0.25) is 0 Å². The summed E-state index contributed by atoms with van der Waals surface area (Å²) >= 11 is 0. The molecule has 1 saturated carbocycles. The molecule has 0 amide bonds. The first-order valence-electron chi connectivity index (χ1n) is 8.06. The molecule has 21 heavy (non-hydrogen) atoms. The number of anilines is 1. The lowest BCUT2D eigenvalue weighted by molar-refractivity contribution is -0.115. The van der Waals surface area contributed by atoms with Gasteiger partial charge >= 0.3 is 0 Å². The summed E-state index contributed by atoms with van der Waals surface area (Å²) in [6, 6.07) is 6.70. The first-order valence-corrected chi connectivity index (χ1v) is 8.06. The molecule has 2 aliphatic rings. The van der Waals surface area contributed by atoms with E-state index >= 15 is 0 Å². The van der Waals surface area contributed by atoms with Crippen LogP contribution in [0.4, 0.5) is 5.69 Å². The first-order chi connectivity index (χ1) is 10.0. The topological polar surface area (TPSA) is 29.1 Å². The predicted octanol–water partition coefficient (Wildman–Crippen LogP) is 4.45. The van der Waals surface area contributed by atoms with Gasteiger partial charge in [0.05, 0.1) is 0 Å². The molecule has 0 heterocycles. The highest BCUT2D eigenvalue weighted by Crippen LogP contribution is 2.52. The van der Waals surface area contributed by atoms with Crippen LogP contribution < -0.4 is 5.32 Å². The summed E-state index contributed by atoms with van der Waals surface area (Å²) in [5, 5.41) is 3.33. The fraction of sp³-hybridized carbons (Fsp3) is 0.526. The summed E-state index contributed by atoms with van der Waals surface area (Å²) in [7, 11) is 0. The highest BCUT2D eigenvalue weighted by atomic mass is 16.1. The molecule has 0 aromatic heterocycles. The van der Waals surface area contributed by atoms with Crippen LogP contribution in [0.5, 0.6) is 0 Å². The second kappa shape index (κ2) is 5.32. The molecule has 0 saturated heterocycles. The van der Waals surface area contributed by atoms with Crippen molar-refractivity contribution in [2.24, 2.45) is 11.8 Å². The first kappa shape index (κ1) is 14.4. The molecule has 3 atom stereocenters. The van der Waals surface area contributed by atoms with Crippen molar-refractivity contribution in [3.05, 3.63) is 41.6 Å². The zero-order valence-electron chi connectivity index (χ0n) is 13.1. The molecule has 2 heteroatoms. The van der Waals surface area contributed by atoms with Gasteiger partial charge in [-0.25, -0.2) is 0 Å². The van der Waals surface area contributed by atoms with Crippen LogP contribution in [-0.2, 0) is 16.6 Å². The molecule has 2 nitrogen and oxygen atoms in total. The third-order valence-electron chi connectivity index (χ3n) is 5.55. The Morgan fingerprint density at radius 1 is 1.43 bits per heavy atom. The van der Waals surface area contributed by atoms with Crippen molar-refractivity contribution in [2.75, 3.05) is 5.32 Å². The van der Waals surface area contributed by atoms with Gasteiger partial charge in [0.1, 0.15) is 6.29 Å². The maximum atomic E-state index is 11.5. The van der Waals surface area contributed by atoms with Crippen LogP contribution >= 0.6 is 0 Å². The van der Waals surface area contributed by atoms with Crippen molar-refractivity contribution in [2.45, 2.75) is 51.4 Å². The number of rotatable bonds is 3. The van der Waals surface area contributed by atoms with Gasteiger partial charge in [-0.15, -0.1) is 0 Å². The van der Waals surface area contributed by atoms with Gasteiger partial charge < -0.3 is 10.1 Å². The van der Waals surface area contributed by atoms with Crippen molar-refractivity contribution >= 4 is 12.0 Å². The Labute approximate surface area is 127 Å². The Bertz CT molecular complexity index is 577. The van der Waals surface area contributed by atoms with Crippen molar-refractivity contribution in [3.8, 4) is 0 Å². The number of hydrogen-bond acceptors (Lipinski definition) is 2. The van der Waals surface area contributed by atoms with Crippen molar-refractivity contribution < 1.29 is 4.79 Å². The second-order valence-corrected chi connectivity index (χ2v) is 7.03. The lowest BCUT2D eigenvalue weighted by atomic mass is 9.55. The minimum absolute atomic E-state index is 0.157. The van der Waals surface area contributed by atoms with Crippen LogP contribution in [0.15, 0.2) is 30.5 Å². The summed E-state index contributed by atoms with van der Waals surface area (Å²) < 4.78 is 0. The van der Waals surface area contributed by atoms with E-state index in [9.17, 15) is 4.79 Å². The number of allylic oxidation sites excluding steroid dienone is 1. The van der Waals surface area contributed by atoms with Crippen LogP contribution in [0.1, 0.15) is 50.7 Å². The van der Waals surface area contributed by atoms with Gasteiger partial charge in [-0.05, 0) is 67.2 Å². The lowest BCUT2D eigenvalue weighted by Crippen LogP contribution is -2.44. The molecule has 1 N–H and O–H groups in total. The van der Waals surface area contributed by atoms with Crippen molar-refractivity contribution in [1.82, 2.24) is 0 Å². The number of fused-ring (bicyclic) bond motifs is 3. The monoisotopic (exact) mass is 283 g/mol. The molecule has 3 rings (SSSR count). The number of carbonyl (C=O) groups excluding carboxylic acids is 1. The van der Waals surface area contributed by atoms with Gasteiger partial charge in [0.15, 0.2) is 0 Å². The van der Waals surface area contributed by atoms with Crippen LogP contribution in [0.2, 0.25) is 0 Å². The molecule has 2 aliphatic carbocycles. The second-order valence-electron chi connectivity index (χ2n) is 7.03. The molecule has 1 aromatic carbocycles. The molecule has 112 valence electrons. The van der Waals surface area contributed by atoms with E-state index in [2.05, 4.69) is 37.0 Å². The van der Waals surface area contributed by atoms with E-state index in [4.69, 9.17) is 0 Å². The van der Waals surface area contributed by atoms with E-state index in [-0.39, 0.29) is 11.3 Å². The van der Waals surface area contributed by atoms with Crippen LogP contribution in [0.25, 0.3) is 0 Å². The molecule has 0 radical (unpaired) electrons. The highest BCUT2D eigenvalue weighted by molar-refractivity contribution is 5.58. The minimum Gasteiger partial charge on any atom is -0.360 e. The van der Waals surface area contributed by atoms with E-state index in [1.54, 1.807) is 0 Å². The Morgan fingerprint density at radius 2 is 2.24 bits per heavy atom.